The Morgan fingerprint density at radius 1 is 1.26 bits per heavy atom. The van der Waals surface area contributed by atoms with Gasteiger partial charge in [-0.15, -0.1) is 0 Å². The molecule has 1 aliphatic heterocycles. The smallest absolute Gasteiger partial charge is 0.410 e. The monoisotopic (exact) mass is 325 g/mol. The van der Waals surface area contributed by atoms with Crippen LogP contribution in [0, 0.1) is 17.3 Å². The first-order valence-corrected chi connectivity index (χ1v) is 8.19. The predicted octanol–water partition coefficient (Wildman–Crippen LogP) is 2.40. The molecule has 2 fully saturated rings. The Morgan fingerprint density at radius 3 is 2.43 bits per heavy atom. The minimum absolute atomic E-state index is 0.0329. The molecule has 1 spiro atoms. The van der Waals surface area contributed by atoms with E-state index in [4.69, 9.17) is 9.47 Å². The summed E-state index contributed by atoms with van der Waals surface area (Å²) in [6.45, 7) is 8.51. The van der Waals surface area contributed by atoms with Gasteiger partial charge in [0.2, 0.25) is 0 Å². The zero-order chi connectivity index (χ0) is 17.4. The van der Waals surface area contributed by atoms with Gasteiger partial charge in [-0.2, -0.15) is 0 Å². The number of amides is 1. The number of ether oxygens (including phenoxy) is 2. The van der Waals surface area contributed by atoms with Crippen LogP contribution in [-0.2, 0) is 19.1 Å². The van der Waals surface area contributed by atoms with Crippen LogP contribution >= 0.6 is 0 Å². The standard InChI is InChI=1S/C17H27NO5/c1-11-10-18(15(21)23-16(2,3)4)9-8-17(11)7-6-12(19)13(17)14(20)22-5/h11,13H,6-10H2,1-5H3. The summed E-state index contributed by atoms with van der Waals surface area (Å²) in [4.78, 5) is 38.2. The third-order valence-electron chi connectivity index (χ3n) is 5.15. The van der Waals surface area contributed by atoms with Gasteiger partial charge < -0.3 is 14.4 Å². The number of nitrogens with zero attached hydrogens (tertiary/aromatic N) is 1. The third-order valence-corrected chi connectivity index (χ3v) is 5.15. The summed E-state index contributed by atoms with van der Waals surface area (Å²) in [5.41, 5.74) is -0.921. The van der Waals surface area contributed by atoms with Gasteiger partial charge >= 0.3 is 12.1 Å². The fourth-order valence-corrected chi connectivity index (χ4v) is 3.93. The highest BCUT2D eigenvalue weighted by atomic mass is 16.6. The lowest BCUT2D eigenvalue weighted by atomic mass is 9.64. The number of esters is 1. The molecule has 0 bridgehead atoms. The lowest BCUT2D eigenvalue weighted by molar-refractivity contribution is -0.155. The van der Waals surface area contributed by atoms with Gasteiger partial charge in [-0.3, -0.25) is 9.59 Å². The predicted molar refractivity (Wildman–Crippen MR) is 83.8 cm³/mol. The molecular weight excluding hydrogens is 298 g/mol. The average Bonchev–Trinajstić information content (AvgIpc) is 2.77. The number of piperidine rings is 1. The number of likely N-dealkylation sites (tertiary alicyclic amines) is 1. The van der Waals surface area contributed by atoms with E-state index in [-0.39, 0.29) is 23.2 Å². The maximum atomic E-state index is 12.2. The van der Waals surface area contributed by atoms with Crippen LogP contribution in [0.4, 0.5) is 4.79 Å². The van der Waals surface area contributed by atoms with Crippen molar-refractivity contribution in [1.82, 2.24) is 4.90 Å². The van der Waals surface area contributed by atoms with Crippen LogP contribution in [0.2, 0.25) is 0 Å². The molecular formula is C17H27NO5. The third kappa shape index (κ3) is 3.35. The van der Waals surface area contributed by atoms with Crippen molar-refractivity contribution in [2.45, 2.75) is 52.6 Å². The molecule has 1 aliphatic carbocycles. The SMILES string of the molecule is COC(=O)C1C(=O)CCC12CCN(C(=O)OC(C)(C)C)CC2C. The van der Waals surface area contributed by atoms with Crippen molar-refractivity contribution in [3.8, 4) is 0 Å². The van der Waals surface area contributed by atoms with Crippen molar-refractivity contribution in [1.29, 1.82) is 0 Å². The molecule has 23 heavy (non-hydrogen) atoms. The van der Waals surface area contributed by atoms with Crippen molar-refractivity contribution in [2.75, 3.05) is 20.2 Å². The highest BCUT2D eigenvalue weighted by molar-refractivity contribution is 6.01. The van der Waals surface area contributed by atoms with Gasteiger partial charge in [0.05, 0.1) is 7.11 Å². The Hall–Kier alpha value is -1.59. The van der Waals surface area contributed by atoms with Crippen LogP contribution < -0.4 is 0 Å². The van der Waals surface area contributed by atoms with E-state index < -0.39 is 17.5 Å². The fraction of sp³-hybridized carbons (Fsp3) is 0.824. The second kappa shape index (κ2) is 6.13. The number of carbonyl (C=O) groups is 3. The van der Waals surface area contributed by atoms with E-state index in [2.05, 4.69) is 0 Å². The van der Waals surface area contributed by atoms with Crippen LogP contribution in [0.3, 0.4) is 0 Å². The zero-order valence-corrected chi connectivity index (χ0v) is 14.7. The molecule has 0 aromatic rings. The van der Waals surface area contributed by atoms with E-state index in [9.17, 15) is 14.4 Å². The van der Waals surface area contributed by atoms with Gasteiger partial charge in [0.15, 0.2) is 0 Å². The molecule has 3 unspecified atom stereocenters. The van der Waals surface area contributed by atoms with Gasteiger partial charge in [0, 0.05) is 19.5 Å². The van der Waals surface area contributed by atoms with E-state index in [0.29, 0.717) is 32.4 Å². The molecule has 2 aliphatic rings. The van der Waals surface area contributed by atoms with Gasteiger partial charge in [-0.1, -0.05) is 6.92 Å². The van der Waals surface area contributed by atoms with Crippen LogP contribution in [0.5, 0.6) is 0 Å². The van der Waals surface area contributed by atoms with Crippen molar-refractivity contribution < 1.29 is 23.9 Å². The summed E-state index contributed by atoms with van der Waals surface area (Å²) in [5, 5.41) is 0. The highest BCUT2D eigenvalue weighted by Gasteiger charge is 2.57. The molecule has 1 amide bonds. The Kier molecular flexibility index (Phi) is 4.74. The van der Waals surface area contributed by atoms with Gasteiger partial charge in [0.25, 0.3) is 0 Å². The molecule has 130 valence electrons. The summed E-state index contributed by atoms with van der Waals surface area (Å²) in [6.07, 6.45) is 1.39. The van der Waals surface area contributed by atoms with E-state index >= 15 is 0 Å². The molecule has 3 atom stereocenters. The van der Waals surface area contributed by atoms with Crippen molar-refractivity contribution in [3.63, 3.8) is 0 Å². The van der Waals surface area contributed by atoms with Crippen molar-refractivity contribution >= 4 is 17.8 Å². The molecule has 1 saturated carbocycles. The summed E-state index contributed by atoms with van der Waals surface area (Å²) >= 11 is 0. The minimum Gasteiger partial charge on any atom is -0.468 e. The summed E-state index contributed by atoms with van der Waals surface area (Å²) in [5.74, 6) is -1.12. The number of hydrogen-bond donors (Lipinski definition) is 0. The fourth-order valence-electron chi connectivity index (χ4n) is 3.93. The van der Waals surface area contributed by atoms with Gasteiger partial charge in [-0.25, -0.2) is 4.79 Å². The zero-order valence-electron chi connectivity index (χ0n) is 14.7. The second-order valence-electron chi connectivity index (χ2n) is 7.73. The van der Waals surface area contributed by atoms with Gasteiger partial charge in [0.1, 0.15) is 17.3 Å². The van der Waals surface area contributed by atoms with E-state index in [1.807, 2.05) is 27.7 Å². The minimum atomic E-state index is -0.691. The molecule has 1 saturated heterocycles. The van der Waals surface area contributed by atoms with Crippen molar-refractivity contribution in [3.05, 3.63) is 0 Å². The topological polar surface area (TPSA) is 72.9 Å². The largest absolute Gasteiger partial charge is 0.468 e. The Balaban J connectivity index is 2.13. The quantitative estimate of drug-likeness (QED) is 0.547. The van der Waals surface area contributed by atoms with E-state index in [0.717, 1.165) is 0 Å². The lowest BCUT2D eigenvalue weighted by Gasteiger charge is -2.46. The maximum absolute atomic E-state index is 12.2. The number of hydrogen-bond acceptors (Lipinski definition) is 5. The summed E-state index contributed by atoms with van der Waals surface area (Å²) < 4.78 is 10.3. The number of carbonyl (C=O) groups excluding carboxylic acids is 3. The summed E-state index contributed by atoms with van der Waals surface area (Å²) in [7, 11) is 1.32. The molecule has 0 radical (unpaired) electrons. The Bertz CT molecular complexity index is 510. The maximum Gasteiger partial charge on any atom is 0.410 e. The summed E-state index contributed by atoms with van der Waals surface area (Å²) in [6, 6.07) is 0. The Morgan fingerprint density at radius 2 is 1.91 bits per heavy atom. The first-order chi connectivity index (χ1) is 10.6. The molecule has 0 N–H and O–H groups in total. The van der Waals surface area contributed by atoms with E-state index in [1.165, 1.54) is 7.11 Å². The normalized spacial score (nSPS) is 31.3. The van der Waals surface area contributed by atoms with Crippen LogP contribution in [0.15, 0.2) is 0 Å². The number of Topliss-reactive ketones (excluding diaryl/α,β-unsaturated/α-hetero) is 1. The van der Waals surface area contributed by atoms with Crippen LogP contribution in [0.25, 0.3) is 0 Å². The van der Waals surface area contributed by atoms with E-state index in [1.54, 1.807) is 4.90 Å². The average molecular weight is 325 g/mol. The van der Waals surface area contributed by atoms with Gasteiger partial charge in [-0.05, 0) is 44.9 Å². The molecule has 6 nitrogen and oxygen atoms in total. The Labute approximate surface area is 137 Å². The number of rotatable bonds is 1. The van der Waals surface area contributed by atoms with Crippen LogP contribution in [-0.4, -0.2) is 48.5 Å². The first-order valence-electron chi connectivity index (χ1n) is 8.19. The molecule has 2 rings (SSSR count). The highest BCUT2D eigenvalue weighted by Crippen LogP contribution is 2.52. The molecule has 0 aromatic heterocycles. The first kappa shape index (κ1) is 17.8. The lowest BCUT2D eigenvalue weighted by Crippen LogP contribution is -2.53. The van der Waals surface area contributed by atoms with Crippen molar-refractivity contribution in [2.24, 2.45) is 17.3 Å². The number of ketones is 1. The molecule has 1 heterocycles. The molecule has 0 aromatic carbocycles. The molecule has 6 heteroatoms. The second-order valence-corrected chi connectivity index (χ2v) is 7.73. The van der Waals surface area contributed by atoms with Crippen LogP contribution in [0.1, 0.15) is 47.0 Å². The number of methoxy groups -OCH3 is 1.